The van der Waals surface area contributed by atoms with E-state index in [1.807, 2.05) is 24.5 Å². The Bertz CT molecular complexity index is 842. The molecule has 172 valence electrons. The fraction of sp³-hybridized carbons (Fsp3) is 0.389. The van der Waals surface area contributed by atoms with Crippen LogP contribution in [0.3, 0.4) is 0 Å². The topological polar surface area (TPSA) is 109 Å². The molecule has 31 heavy (non-hydrogen) atoms. The van der Waals surface area contributed by atoms with Crippen molar-refractivity contribution >= 4 is 22.7 Å². The molecule has 2 heterocycles. The van der Waals surface area contributed by atoms with Crippen LogP contribution in [-0.4, -0.2) is 58.7 Å². The van der Waals surface area contributed by atoms with Crippen molar-refractivity contribution < 1.29 is 50.9 Å². The van der Waals surface area contributed by atoms with Crippen LogP contribution in [-0.2, 0) is 9.59 Å². The number of pyridine rings is 1. The molecule has 13 heteroatoms. The first-order chi connectivity index (χ1) is 14.3. The number of alkyl halides is 6. The Labute approximate surface area is 171 Å². The average molecular weight is 456 g/mol. The number of rotatable bonds is 2. The Hall–Kier alpha value is -3.09. The number of nitrogens with zero attached hydrogens (tertiary/aromatic N) is 1. The minimum atomic E-state index is -5.08. The van der Waals surface area contributed by atoms with Gasteiger partial charge in [0, 0.05) is 17.8 Å². The van der Waals surface area contributed by atoms with Crippen molar-refractivity contribution in [3.63, 3.8) is 0 Å². The number of carbonyl (C=O) groups is 2. The SMILES string of the molecule is O=C(O)C(F)(F)F.O=C(O)C(F)(F)F.c1cc2cc(OC3CCNCC3)ccc2cn1. The van der Waals surface area contributed by atoms with Gasteiger partial charge in [0.15, 0.2) is 0 Å². The normalized spacial score (nSPS) is 14.5. The molecule has 0 spiro atoms. The summed E-state index contributed by atoms with van der Waals surface area (Å²) in [5.74, 6) is -4.55. The van der Waals surface area contributed by atoms with Crippen LogP contribution in [0.5, 0.6) is 5.75 Å². The molecule has 3 N–H and O–H groups in total. The van der Waals surface area contributed by atoms with Crippen molar-refractivity contribution in [3.8, 4) is 5.75 Å². The number of carboxylic acids is 2. The van der Waals surface area contributed by atoms with E-state index in [1.165, 1.54) is 5.39 Å². The molecule has 1 fully saturated rings. The van der Waals surface area contributed by atoms with E-state index < -0.39 is 24.3 Å². The van der Waals surface area contributed by atoms with Crippen LogP contribution in [0.4, 0.5) is 26.3 Å². The van der Waals surface area contributed by atoms with E-state index in [-0.39, 0.29) is 0 Å². The van der Waals surface area contributed by atoms with Gasteiger partial charge in [-0.1, -0.05) is 0 Å². The van der Waals surface area contributed by atoms with E-state index in [1.54, 1.807) is 0 Å². The number of hydrogen-bond donors (Lipinski definition) is 3. The van der Waals surface area contributed by atoms with Crippen molar-refractivity contribution in [1.29, 1.82) is 0 Å². The number of hydrogen-bond acceptors (Lipinski definition) is 5. The fourth-order valence-corrected chi connectivity index (χ4v) is 2.24. The molecule has 0 amide bonds. The summed E-state index contributed by atoms with van der Waals surface area (Å²) in [5.41, 5.74) is 0. The molecule has 0 aliphatic carbocycles. The number of fused-ring (bicyclic) bond motifs is 1. The summed E-state index contributed by atoms with van der Waals surface area (Å²) >= 11 is 0. The number of ether oxygens (including phenoxy) is 1. The molecule has 1 aromatic carbocycles. The number of piperidine rings is 1. The highest BCUT2D eigenvalue weighted by Crippen LogP contribution is 2.22. The molecule has 2 aromatic rings. The van der Waals surface area contributed by atoms with Gasteiger partial charge in [-0.15, -0.1) is 0 Å². The molecule has 3 rings (SSSR count). The van der Waals surface area contributed by atoms with Crippen molar-refractivity contribution in [3.05, 3.63) is 36.7 Å². The maximum absolute atomic E-state index is 10.6. The molecule has 7 nitrogen and oxygen atoms in total. The lowest BCUT2D eigenvalue weighted by Crippen LogP contribution is -2.34. The van der Waals surface area contributed by atoms with Gasteiger partial charge in [-0.25, -0.2) is 9.59 Å². The first-order valence-electron chi connectivity index (χ1n) is 8.62. The largest absolute Gasteiger partial charge is 0.490 e. The summed E-state index contributed by atoms with van der Waals surface area (Å²) in [6.07, 6.45) is -3.93. The van der Waals surface area contributed by atoms with Gasteiger partial charge >= 0.3 is 24.3 Å². The Morgan fingerprint density at radius 2 is 1.45 bits per heavy atom. The molecule has 0 radical (unpaired) electrons. The summed E-state index contributed by atoms with van der Waals surface area (Å²) in [4.78, 5) is 21.9. The van der Waals surface area contributed by atoms with Gasteiger partial charge in [-0.3, -0.25) is 4.98 Å². The molecule has 1 saturated heterocycles. The third-order valence-electron chi connectivity index (χ3n) is 3.69. The molecule has 0 saturated carbocycles. The van der Waals surface area contributed by atoms with Gasteiger partial charge in [0.25, 0.3) is 0 Å². The predicted octanol–water partition coefficient (Wildman–Crippen LogP) is 3.63. The van der Waals surface area contributed by atoms with E-state index in [2.05, 4.69) is 22.4 Å². The zero-order chi connectivity index (χ0) is 23.7. The van der Waals surface area contributed by atoms with E-state index in [9.17, 15) is 26.3 Å². The first-order valence-corrected chi connectivity index (χ1v) is 8.62. The van der Waals surface area contributed by atoms with Crippen molar-refractivity contribution in [2.24, 2.45) is 0 Å². The lowest BCUT2D eigenvalue weighted by atomic mass is 10.1. The predicted molar refractivity (Wildman–Crippen MR) is 95.6 cm³/mol. The van der Waals surface area contributed by atoms with Gasteiger partial charge in [0.1, 0.15) is 11.9 Å². The quantitative estimate of drug-likeness (QED) is 0.593. The number of benzene rings is 1. The lowest BCUT2D eigenvalue weighted by molar-refractivity contribution is -0.193. The molecule has 0 atom stereocenters. The summed E-state index contributed by atoms with van der Waals surface area (Å²) in [6, 6.07) is 8.22. The maximum Gasteiger partial charge on any atom is 0.490 e. The van der Waals surface area contributed by atoms with Gasteiger partial charge in [-0.05, 0) is 55.6 Å². The number of nitrogens with one attached hydrogen (secondary N) is 1. The maximum atomic E-state index is 10.6. The molecule has 1 aliphatic rings. The zero-order valence-electron chi connectivity index (χ0n) is 15.7. The third kappa shape index (κ3) is 9.98. The van der Waals surface area contributed by atoms with Crippen LogP contribution >= 0.6 is 0 Å². The Morgan fingerprint density at radius 3 is 1.94 bits per heavy atom. The number of carboxylic acid groups (broad SMARTS) is 2. The smallest absolute Gasteiger partial charge is 0.490 e. The highest BCUT2D eigenvalue weighted by atomic mass is 19.4. The summed E-state index contributed by atoms with van der Waals surface area (Å²) in [6.45, 7) is 2.12. The van der Waals surface area contributed by atoms with E-state index >= 15 is 0 Å². The van der Waals surface area contributed by atoms with Gasteiger partial charge in [-0.2, -0.15) is 26.3 Å². The van der Waals surface area contributed by atoms with E-state index in [0.717, 1.165) is 37.1 Å². The van der Waals surface area contributed by atoms with Crippen molar-refractivity contribution in [1.82, 2.24) is 10.3 Å². The van der Waals surface area contributed by atoms with E-state index in [0.29, 0.717) is 6.10 Å². The monoisotopic (exact) mass is 456 g/mol. The van der Waals surface area contributed by atoms with Crippen LogP contribution < -0.4 is 10.1 Å². The first kappa shape index (κ1) is 25.9. The minimum absolute atomic E-state index is 0.357. The molecule has 0 unspecified atom stereocenters. The van der Waals surface area contributed by atoms with Crippen LogP contribution in [0, 0.1) is 0 Å². The fourth-order valence-electron chi connectivity index (χ4n) is 2.24. The number of aromatic nitrogens is 1. The minimum Gasteiger partial charge on any atom is -0.490 e. The highest BCUT2D eigenvalue weighted by Gasteiger charge is 2.38. The third-order valence-corrected chi connectivity index (χ3v) is 3.69. The highest BCUT2D eigenvalue weighted by molar-refractivity contribution is 5.82. The second-order valence-electron chi connectivity index (χ2n) is 6.06. The van der Waals surface area contributed by atoms with Gasteiger partial charge in [0.2, 0.25) is 0 Å². The molecule has 1 aromatic heterocycles. The summed E-state index contributed by atoms with van der Waals surface area (Å²) < 4.78 is 69.5. The summed E-state index contributed by atoms with van der Waals surface area (Å²) in [5, 5.41) is 19.9. The van der Waals surface area contributed by atoms with Gasteiger partial charge in [0.05, 0.1) is 0 Å². The number of aliphatic carboxylic acids is 2. The summed E-state index contributed by atoms with van der Waals surface area (Å²) in [7, 11) is 0. The Morgan fingerprint density at radius 1 is 0.935 bits per heavy atom. The van der Waals surface area contributed by atoms with Crippen LogP contribution in [0.2, 0.25) is 0 Å². The molecular weight excluding hydrogens is 438 g/mol. The van der Waals surface area contributed by atoms with Gasteiger partial charge < -0.3 is 20.3 Å². The average Bonchev–Trinajstić information content (AvgIpc) is 2.68. The Kier molecular flexibility index (Phi) is 9.49. The Balaban J connectivity index is 0.000000288. The van der Waals surface area contributed by atoms with Crippen molar-refractivity contribution in [2.45, 2.75) is 31.3 Å². The zero-order valence-corrected chi connectivity index (χ0v) is 15.7. The standard InChI is InChI=1S/C14H16N2O.2C2HF3O2/c1-2-14(17-13-4-7-15-8-5-13)9-11-3-6-16-10-12(1)11;2*3-2(4,5)1(6)7/h1-3,6,9-10,13,15H,4-5,7-8H2;2*(H,6,7). The molecular formula is C18H18F6N2O5. The van der Waals surface area contributed by atoms with Crippen LogP contribution in [0.25, 0.3) is 10.8 Å². The lowest BCUT2D eigenvalue weighted by Gasteiger charge is -2.23. The van der Waals surface area contributed by atoms with Crippen LogP contribution in [0.1, 0.15) is 12.8 Å². The van der Waals surface area contributed by atoms with Crippen molar-refractivity contribution in [2.75, 3.05) is 13.1 Å². The second kappa shape index (κ2) is 11.3. The van der Waals surface area contributed by atoms with E-state index in [4.69, 9.17) is 24.5 Å². The van der Waals surface area contributed by atoms with Crippen LogP contribution in [0.15, 0.2) is 36.7 Å². The second-order valence-corrected chi connectivity index (χ2v) is 6.06. The number of halogens is 6. The molecule has 1 aliphatic heterocycles. The molecule has 0 bridgehead atoms.